The predicted octanol–water partition coefficient (Wildman–Crippen LogP) is -1.63. The fourth-order valence-corrected chi connectivity index (χ4v) is 3.11. The molecule has 0 fully saturated rings. The molecule has 0 bridgehead atoms. The first-order chi connectivity index (χ1) is 15.5. The molecule has 0 saturated heterocycles. The number of carbonyl (C=O) groups is 5. The maximum atomic E-state index is 11.5. The molecule has 1 aromatic rings. The summed E-state index contributed by atoms with van der Waals surface area (Å²) in [6.07, 6.45) is 0.0798. The van der Waals surface area contributed by atoms with E-state index in [4.69, 9.17) is 16.1 Å². The molecule has 0 aliphatic heterocycles. The smallest absolute Gasteiger partial charge is 0.317 e. The van der Waals surface area contributed by atoms with E-state index in [0.717, 1.165) is 9.80 Å². The van der Waals surface area contributed by atoms with Gasteiger partial charge >= 0.3 is 23.9 Å². The van der Waals surface area contributed by atoms with Gasteiger partial charge in [0.2, 0.25) is 0 Å². The average molecular weight is 470 g/mol. The van der Waals surface area contributed by atoms with Crippen LogP contribution >= 0.6 is 0 Å². The van der Waals surface area contributed by atoms with E-state index in [1.807, 2.05) is 0 Å². The van der Waals surface area contributed by atoms with Crippen molar-refractivity contribution >= 4 is 35.5 Å². The highest BCUT2D eigenvalue weighted by Crippen LogP contribution is 2.15. The highest BCUT2D eigenvalue weighted by molar-refractivity contribution is 5.91. The Morgan fingerprint density at radius 3 is 1.76 bits per heavy atom. The van der Waals surface area contributed by atoms with Crippen LogP contribution in [0, 0.1) is 0 Å². The molecule has 14 heteroatoms. The highest BCUT2D eigenvalue weighted by atomic mass is 16.6. The number of rotatable bonds is 16. The van der Waals surface area contributed by atoms with E-state index >= 15 is 0 Å². The summed E-state index contributed by atoms with van der Waals surface area (Å²) in [7, 11) is 0. The Kier molecular flexibility index (Phi) is 11.4. The van der Waals surface area contributed by atoms with E-state index in [1.54, 1.807) is 24.3 Å². The Balaban J connectivity index is 3.14. The summed E-state index contributed by atoms with van der Waals surface area (Å²) in [4.78, 5) is 62.8. The lowest BCUT2D eigenvalue weighted by molar-refractivity contribution is -0.146. The van der Waals surface area contributed by atoms with Crippen molar-refractivity contribution in [2.24, 2.45) is 5.90 Å². The number of anilines is 1. The van der Waals surface area contributed by atoms with Gasteiger partial charge in [-0.1, -0.05) is 12.1 Å². The summed E-state index contributed by atoms with van der Waals surface area (Å²) in [5.41, 5.74) is 1.03. The van der Waals surface area contributed by atoms with Crippen LogP contribution in [0.5, 0.6) is 0 Å². The van der Waals surface area contributed by atoms with Crippen molar-refractivity contribution in [1.82, 2.24) is 9.80 Å². The molecular weight excluding hydrogens is 444 g/mol. The van der Waals surface area contributed by atoms with Crippen molar-refractivity contribution in [3.8, 4) is 0 Å². The zero-order valence-corrected chi connectivity index (χ0v) is 17.5. The maximum Gasteiger partial charge on any atom is 0.317 e. The molecular formula is C19H26N4O10. The van der Waals surface area contributed by atoms with E-state index in [2.05, 4.69) is 10.2 Å². The van der Waals surface area contributed by atoms with Crippen LogP contribution in [0.25, 0.3) is 0 Å². The van der Waals surface area contributed by atoms with Gasteiger partial charge in [-0.3, -0.25) is 38.6 Å². The molecule has 182 valence electrons. The molecule has 1 aromatic carbocycles. The first kappa shape index (κ1) is 27.4. The largest absolute Gasteiger partial charge is 0.480 e. The minimum atomic E-state index is -1.30. The van der Waals surface area contributed by atoms with E-state index in [0.29, 0.717) is 11.3 Å². The Bertz CT molecular complexity index is 813. The summed E-state index contributed by atoms with van der Waals surface area (Å²) in [5, 5.41) is 39.1. The van der Waals surface area contributed by atoms with Gasteiger partial charge in [0.25, 0.3) is 5.91 Å². The summed E-state index contributed by atoms with van der Waals surface area (Å²) >= 11 is 0. The number of carboxylic acids is 4. The van der Waals surface area contributed by atoms with Crippen LogP contribution < -0.4 is 11.2 Å². The van der Waals surface area contributed by atoms with Crippen molar-refractivity contribution in [3.05, 3.63) is 29.8 Å². The zero-order valence-electron chi connectivity index (χ0n) is 17.5. The molecule has 0 aliphatic carbocycles. The summed E-state index contributed by atoms with van der Waals surface area (Å²) < 4.78 is 0. The third kappa shape index (κ3) is 11.6. The van der Waals surface area contributed by atoms with Gasteiger partial charge in [0.15, 0.2) is 0 Å². The molecule has 7 N–H and O–H groups in total. The second-order valence-corrected chi connectivity index (χ2v) is 7.06. The van der Waals surface area contributed by atoms with Gasteiger partial charge in [0.1, 0.15) is 6.61 Å². The van der Waals surface area contributed by atoms with Gasteiger partial charge in [-0.25, -0.2) is 5.90 Å². The normalized spacial score (nSPS) is 11.8. The second-order valence-electron chi connectivity index (χ2n) is 7.06. The average Bonchev–Trinajstić information content (AvgIpc) is 2.66. The molecule has 0 radical (unpaired) electrons. The molecule has 33 heavy (non-hydrogen) atoms. The van der Waals surface area contributed by atoms with Crippen molar-refractivity contribution in [1.29, 1.82) is 0 Å². The summed E-state index contributed by atoms with van der Waals surface area (Å²) in [6, 6.07) is 5.45. The lowest BCUT2D eigenvalue weighted by Gasteiger charge is -2.33. The fraction of sp³-hybridized carbons (Fsp3) is 0.421. The Morgan fingerprint density at radius 1 is 0.848 bits per heavy atom. The van der Waals surface area contributed by atoms with Gasteiger partial charge in [-0.05, 0) is 24.1 Å². The fourth-order valence-electron chi connectivity index (χ4n) is 3.11. The third-order valence-electron chi connectivity index (χ3n) is 4.30. The zero-order chi connectivity index (χ0) is 25.0. The number of hydrogen-bond donors (Lipinski definition) is 6. The van der Waals surface area contributed by atoms with Crippen LogP contribution in [-0.2, 0) is 35.2 Å². The van der Waals surface area contributed by atoms with E-state index in [-0.39, 0.29) is 19.6 Å². The number of aliphatic carboxylic acids is 4. The first-order valence-corrected chi connectivity index (χ1v) is 9.54. The van der Waals surface area contributed by atoms with Crippen LogP contribution in [-0.4, -0.2) is 105 Å². The predicted molar refractivity (Wildman–Crippen MR) is 111 cm³/mol. The van der Waals surface area contributed by atoms with E-state index < -0.39 is 62.0 Å². The number of carboxylic acid groups (broad SMARTS) is 4. The van der Waals surface area contributed by atoms with Crippen molar-refractivity contribution in [2.75, 3.05) is 44.6 Å². The Labute approximate surface area is 188 Å². The standard InChI is InChI=1S/C19H26N4O10/c20-33-11-15(24)21-13-3-1-12(2-4-13)5-14(23(9-18(29)30)10-19(31)32)6-22(7-16(25)26)8-17(27)28/h1-4,14H,5-11,20H2,(H,21,24)(H,25,26)(H,27,28)(H,29,30)(H,31,32). The summed E-state index contributed by atoms with van der Waals surface area (Å²) in [6.45, 7) is -3.15. The molecule has 0 heterocycles. The number of benzene rings is 1. The molecule has 14 nitrogen and oxygen atoms in total. The highest BCUT2D eigenvalue weighted by Gasteiger charge is 2.27. The lowest BCUT2D eigenvalue weighted by atomic mass is 10.0. The second kappa shape index (κ2) is 13.7. The molecule has 0 aromatic heterocycles. The number of nitrogens with zero attached hydrogens (tertiary/aromatic N) is 2. The number of nitrogens with one attached hydrogen (secondary N) is 1. The van der Waals surface area contributed by atoms with Crippen LogP contribution in [0.1, 0.15) is 5.56 Å². The maximum absolute atomic E-state index is 11.5. The molecule has 0 aliphatic rings. The van der Waals surface area contributed by atoms with Gasteiger partial charge < -0.3 is 25.7 Å². The number of amides is 1. The molecule has 0 spiro atoms. The first-order valence-electron chi connectivity index (χ1n) is 9.54. The molecule has 1 amide bonds. The van der Waals surface area contributed by atoms with Crippen LogP contribution in [0.15, 0.2) is 24.3 Å². The Morgan fingerprint density at radius 2 is 1.33 bits per heavy atom. The van der Waals surface area contributed by atoms with E-state index in [1.165, 1.54) is 0 Å². The Hall–Kier alpha value is -3.59. The summed E-state index contributed by atoms with van der Waals surface area (Å²) in [5.74, 6) is -0.845. The van der Waals surface area contributed by atoms with Crippen molar-refractivity contribution < 1.29 is 49.2 Å². The quantitative estimate of drug-likeness (QED) is 0.150. The van der Waals surface area contributed by atoms with Crippen LogP contribution in [0.4, 0.5) is 5.69 Å². The minimum absolute atomic E-state index is 0.0798. The third-order valence-corrected chi connectivity index (χ3v) is 4.30. The van der Waals surface area contributed by atoms with Gasteiger partial charge in [-0.2, -0.15) is 0 Å². The van der Waals surface area contributed by atoms with Crippen LogP contribution in [0.2, 0.25) is 0 Å². The minimum Gasteiger partial charge on any atom is -0.480 e. The van der Waals surface area contributed by atoms with E-state index in [9.17, 15) is 34.2 Å². The van der Waals surface area contributed by atoms with Gasteiger partial charge in [0.05, 0.1) is 26.2 Å². The van der Waals surface area contributed by atoms with Crippen molar-refractivity contribution in [2.45, 2.75) is 12.5 Å². The molecule has 1 atom stereocenters. The molecule has 1 rings (SSSR count). The van der Waals surface area contributed by atoms with Crippen molar-refractivity contribution in [3.63, 3.8) is 0 Å². The number of nitrogens with two attached hydrogens (primary N) is 1. The number of carbonyl (C=O) groups excluding carboxylic acids is 1. The van der Waals surface area contributed by atoms with Gasteiger partial charge in [0, 0.05) is 18.3 Å². The van der Waals surface area contributed by atoms with Gasteiger partial charge in [-0.15, -0.1) is 0 Å². The SMILES string of the molecule is NOCC(=O)Nc1ccc(CC(CN(CC(=O)O)CC(=O)O)N(CC(=O)O)CC(=O)O)cc1. The topological polar surface area (TPSA) is 220 Å². The number of hydrogen-bond acceptors (Lipinski definition) is 9. The lowest BCUT2D eigenvalue weighted by Crippen LogP contribution is -2.50. The monoisotopic (exact) mass is 470 g/mol. The molecule has 1 unspecified atom stereocenters. The van der Waals surface area contributed by atoms with Crippen LogP contribution in [0.3, 0.4) is 0 Å². The molecule has 0 saturated carbocycles.